The topological polar surface area (TPSA) is 3.24 Å². The number of nitrogens with zero attached hydrogens (tertiary/aromatic N) is 1. The van der Waals surface area contributed by atoms with Crippen molar-refractivity contribution in [1.82, 2.24) is 4.90 Å². The second kappa shape index (κ2) is 2.25. The molecule has 2 heteroatoms. The van der Waals surface area contributed by atoms with Crippen LogP contribution >= 0.6 is 22.6 Å². The molecule has 1 nitrogen and oxygen atoms in total. The van der Waals surface area contributed by atoms with Crippen molar-refractivity contribution in [2.24, 2.45) is 5.92 Å². The Bertz CT molecular complexity index is 99.1. The van der Waals surface area contributed by atoms with E-state index in [2.05, 4.69) is 53.7 Å². The van der Waals surface area contributed by atoms with Gasteiger partial charge in [0.15, 0.2) is 0 Å². The van der Waals surface area contributed by atoms with Crippen molar-refractivity contribution in [2.75, 3.05) is 7.05 Å². The Balaban J connectivity index is 2.55. The number of halogens is 1. The van der Waals surface area contributed by atoms with Gasteiger partial charge in [0, 0.05) is 13.0 Å². The summed E-state index contributed by atoms with van der Waals surface area (Å²) in [4.78, 5) is 2.23. The van der Waals surface area contributed by atoms with Gasteiger partial charge in [0.05, 0.1) is 4.05 Å². The third-order valence-electron chi connectivity index (χ3n) is 1.45. The van der Waals surface area contributed by atoms with Gasteiger partial charge in [-0.3, -0.25) is 0 Å². The maximum Gasteiger partial charge on any atom is 0.0860 e. The first-order chi connectivity index (χ1) is 3.72. The highest BCUT2D eigenvalue weighted by molar-refractivity contribution is 14.1. The van der Waals surface area contributed by atoms with E-state index in [0.29, 0.717) is 4.05 Å². The van der Waals surface area contributed by atoms with Gasteiger partial charge in [0.25, 0.3) is 0 Å². The van der Waals surface area contributed by atoms with Crippen molar-refractivity contribution in [3.05, 3.63) is 12.3 Å². The molecule has 0 saturated heterocycles. The Labute approximate surface area is 63.9 Å². The van der Waals surface area contributed by atoms with E-state index in [-0.39, 0.29) is 0 Å². The highest BCUT2D eigenvalue weighted by Crippen LogP contribution is 2.23. The summed E-state index contributed by atoms with van der Waals surface area (Å²) in [6.45, 7) is 2.23. The van der Waals surface area contributed by atoms with E-state index >= 15 is 0 Å². The molecule has 46 valence electrons. The van der Waals surface area contributed by atoms with Gasteiger partial charge in [-0.1, -0.05) is 35.6 Å². The summed E-state index contributed by atoms with van der Waals surface area (Å²) in [7, 11) is 2.11. The van der Waals surface area contributed by atoms with E-state index in [1.54, 1.807) is 0 Å². The van der Waals surface area contributed by atoms with Crippen LogP contribution in [-0.4, -0.2) is 16.0 Å². The lowest BCUT2D eigenvalue weighted by molar-refractivity contribution is 0.430. The molecule has 0 spiro atoms. The quantitative estimate of drug-likeness (QED) is 0.344. The molecular formula is C6H10IN. The fourth-order valence-electron chi connectivity index (χ4n) is 0.816. The predicted octanol–water partition coefficient (Wildman–Crippen LogP) is 1.84. The molecule has 2 unspecified atom stereocenters. The molecule has 0 aromatic heterocycles. The Hall–Kier alpha value is 0.270. The zero-order valence-electron chi connectivity index (χ0n) is 5.13. The fourth-order valence-corrected chi connectivity index (χ4v) is 1.24. The van der Waals surface area contributed by atoms with Crippen LogP contribution < -0.4 is 0 Å². The molecule has 0 bridgehead atoms. The van der Waals surface area contributed by atoms with Crippen LogP contribution in [0.15, 0.2) is 12.3 Å². The number of hydrogen-bond donors (Lipinski definition) is 0. The maximum atomic E-state index is 2.45. The highest BCUT2D eigenvalue weighted by atomic mass is 127. The van der Waals surface area contributed by atoms with Crippen LogP contribution in [0.3, 0.4) is 0 Å². The third kappa shape index (κ3) is 0.989. The van der Waals surface area contributed by atoms with Gasteiger partial charge in [-0.2, -0.15) is 0 Å². The van der Waals surface area contributed by atoms with Gasteiger partial charge in [0.1, 0.15) is 0 Å². The first-order valence-electron chi connectivity index (χ1n) is 2.76. The van der Waals surface area contributed by atoms with Gasteiger partial charge in [-0.15, -0.1) is 0 Å². The van der Waals surface area contributed by atoms with Crippen molar-refractivity contribution in [2.45, 2.75) is 11.0 Å². The van der Waals surface area contributed by atoms with Crippen molar-refractivity contribution < 1.29 is 0 Å². The molecule has 0 aromatic carbocycles. The number of hydrogen-bond acceptors (Lipinski definition) is 1. The average Bonchev–Trinajstić information content (AvgIpc) is 1.98. The number of alkyl halides is 1. The van der Waals surface area contributed by atoms with Crippen molar-refractivity contribution in [3.63, 3.8) is 0 Å². The molecule has 1 heterocycles. The third-order valence-corrected chi connectivity index (χ3v) is 3.46. The molecule has 0 N–H and O–H groups in total. The average molecular weight is 223 g/mol. The molecule has 1 aliphatic heterocycles. The van der Waals surface area contributed by atoms with Gasteiger partial charge in [0.2, 0.25) is 0 Å². The maximum absolute atomic E-state index is 2.45. The van der Waals surface area contributed by atoms with Crippen LogP contribution in [0.1, 0.15) is 6.92 Å². The van der Waals surface area contributed by atoms with Crippen molar-refractivity contribution in [1.29, 1.82) is 0 Å². The molecule has 0 aliphatic carbocycles. The minimum Gasteiger partial charge on any atom is -0.368 e. The molecule has 1 rings (SSSR count). The molecule has 2 atom stereocenters. The first-order valence-corrected chi connectivity index (χ1v) is 4.00. The molecule has 0 amide bonds. The van der Waals surface area contributed by atoms with Crippen molar-refractivity contribution >= 4 is 22.6 Å². The Kier molecular flexibility index (Phi) is 1.80. The molecular weight excluding hydrogens is 213 g/mol. The lowest BCUT2D eigenvalue weighted by Crippen LogP contribution is -2.19. The van der Waals surface area contributed by atoms with E-state index < -0.39 is 0 Å². The van der Waals surface area contributed by atoms with E-state index in [9.17, 15) is 0 Å². The molecule has 8 heavy (non-hydrogen) atoms. The predicted molar refractivity (Wildman–Crippen MR) is 43.9 cm³/mol. The summed E-state index contributed by atoms with van der Waals surface area (Å²) >= 11 is 2.45. The van der Waals surface area contributed by atoms with E-state index in [1.807, 2.05) is 0 Å². The molecule has 1 aliphatic rings. The second-order valence-electron chi connectivity index (χ2n) is 2.24. The number of rotatable bonds is 0. The summed E-state index contributed by atoms with van der Waals surface area (Å²) in [6.07, 6.45) is 4.37. The molecule has 0 saturated carbocycles. The Morgan fingerprint density at radius 1 is 1.62 bits per heavy atom. The Morgan fingerprint density at radius 3 is 2.38 bits per heavy atom. The monoisotopic (exact) mass is 223 g/mol. The van der Waals surface area contributed by atoms with Crippen LogP contribution in [0.4, 0.5) is 0 Å². The minimum absolute atomic E-state index is 0.674. The van der Waals surface area contributed by atoms with Crippen LogP contribution in [0.5, 0.6) is 0 Å². The van der Waals surface area contributed by atoms with Gasteiger partial charge in [-0.05, 0) is 6.20 Å². The Morgan fingerprint density at radius 2 is 2.25 bits per heavy atom. The summed E-state index contributed by atoms with van der Waals surface area (Å²) in [6, 6.07) is 0. The van der Waals surface area contributed by atoms with Gasteiger partial charge in [-0.25, -0.2) is 0 Å². The van der Waals surface area contributed by atoms with Gasteiger partial charge >= 0.3 is 0 Å². The van der Waals surface area contributed by atoms with E-state index in [0.717, 1.165) is 5.92 Å². The van der Waals surface area contributed by atoms with Gasteiger partial charge < -0.3 is 4.90 Å². The summed E-state index contributed by atoms with van der Waals surface area (Å²) in [5.74, 6) is 0.723. The summed E-state index contributed by atoms with van der Waals surface area (Å²) in [5, 5.41) is 0. The molecule has 0 aromatic rings. The smallest absolute Gasteiger partial charge is 0.0860 e. The summed E-state index contributed by atoms with van der Waals surface area (Å²) in [5.41, 5.74) is 0. The first kappa shape index (κ1) is 6.39. The van der Waals surface area contributed by atoms with Crippen LogP contribution in [0.25, 0.3) is 0 Å². The normalized spacial score (nSPS) is 36.6. The standard InChI is InChI=1S/C6H10IN/c1-5-3-4-8(2)6(5)7/h3-6H,1-2H3. The molecule has 0 fully saturated rings. The molecule has 0 radical (unpaired) electrons. The van der Waals surface area contributed by atoms with Crippen LogP contribution in [0.2, 0.25) is 0 Å². The minimum atomic E-state index is 0.674. The van der Waals surface area contributed by atoms with E-state index in [1.165, 1.54) is 0 Å². The van der Waals surface area contributed by atoms with E-state index in [4.69, 9.17) is 0 Å². The zero-order chi connectivity index (χ0) is 6.15. The SMILES string of the molecule is CC1C=CN(C)C1I. The van der Waals surface area contributed by atoms with Crippen LogP contribution in [-0.2, 0) is 0 Å². The van der Waals surface area contributed by atoms with Crippen molar-refractivity contribution in [3.8, 4) is 0 Å². The fraction of sp³-hybridized carbons (Fsp3) is 0.667. The second-order valence-corrected chi connectivity index (χ2v) is 3.51. The lowest BCUT2D eigenvalue weighted by Gasteiger charge is -2.16. The lowest BCUT2D eigenvalue weighted by atomic mass is 10.2. The van der Waals surface area contributed by atoms with Crippen LogP contribution in [0, 0.1) is 5.92 Å². The largest absolute Gasteiger partial charge is 0.368 e. The highest BCUT2D eigenvalue weighted by Gasteiger charge is 2.18. The zero-order valence-corrected chi connectivity index (χ0v) is 7.29. The summed E-state index contributed by atoms with van der Waals surface area (Å²) < 4.78 is 0.674.